The maximum absolute atomic E-state index is 10.9. The first-order chi connectivity index (χ1) is 7.02. The van der Waals surface area contributed by atoms with Crippen molar-refractivity contribution < 1.29 is 29.1 Å². The average molecular weight is 282 g/mol. The number of alkyl halides is 1. The molecule has 0 aromatic carbocycles. The zero-order valence-corrected chi connectivity index (χ0v) is 9.31. The van der Waals surface area contributed by atoms with E-state index in [4.69, 9.17) is 5.11 Å². The first kappa shape index (κ1) is 13.6. The third-order valence-electron chi connectivity index (χ3n) is 1.15. The topological polar surface area (TPSA) is 102 Å². The summed E-state index contributed by atoms with van der Waals surface area (Å²) >= 11 is 2.78. The summed E-state index contributed by atoms with van der Waals surface area (Å²) in [5.74, 6) is -3.01. The molecule has 0 amide bonds. The monoisotopic (exact) mass is 281 g/mol. The van der Waals surface area contributed by atoms with Crippen LogP contribution in [0.5, 0.6) is 0 Å². The number of ketones is 1. The van der Waals surface area contributed by atoms with E-state index >= 15 is 0 Å². The molecule has 0 saturated heterocycles. The molecule has 1 N–H and O–H groups in total. The molecular formula is C7H8BrNO6. The van der Waals surface area contributed by atoms with Gasteiger partial charge < -0.3 is 14.7 Å². The smallest absolute Gasteiger partial charge is 0.361 e. The molecule has 0 aliphatic rings. The van der Waals surface area contributed by atoms with Gasteiger partial charge in [-0.05, 0) is 0 Å². The van der Waals surface area contributed by atoms with Gasteiger partial charge >= 0.3 is 11.9 Å². The van der Waals surface area contributed by atoms with E-state index in [0.29, 0.717) is 0 Å². The molecule has 0 rings (SSSR count). The van der Waals surface area contributed by atoms with Crippen molar-refractivity contribution in [2.45, 2.75) is 0 Å². The summed E-state index contributed by atoms with van der Waals surface area (Å²) in [6, 6.07) is 0. The molecule has 0 heterocycles. The van der Waals surface area contributed by atoms with Crippen LogP contribution in [0.15, 0.2) is 5.16 Å². The molecule has 0 radical (unpaired) electrons. The highest BCUT2D eigenvalue weighted by atomic mass is 79.9. The van der Waals surface area contributed by atoms with Crippen LogP contribution >= 0.6 is 15.9 Å². The lowest BCUT2D eigenvalue weighted by Crippen LogP contribution is -2.25. The second-order valence-electron chi connectivity index (χ2n) is 2.15. The van der Waals surface area contributed by atoms with Crippen molar-refractivity contribution in [2.24, 2.45) is 5.16 Å². The number of esters is 1. The van der Waals surface area contributed by atoms with Crippen LogP contribution in [0.1, 0.15) is 0 Å². The molecule has 0 bridgehead atoms. The van der Waals surface area contributed by atoms with E-state index in [1.54, 1.807) is 0 Å². The zero-order valence-electron chi connectivity index (χ0n) is 7.73. The Labute approximate surface area is 93.2 Å². The summed E-state index contributed by atoms with van der Waals surface area (Å²) in [7, 11) is 1.14. The zero-order chi connectivity index (χ0) is 11.8. The number of carboxylic acids is 1. The third-order valence-corrected chi connectivity index (χ3v) is 1.66. The lowest BCUT2D eigenvalue weighted by molar-refractivity contribution is -0.146. The van der Waals surface area contributed by atoms with Gasteiger partial charge in [0.2, 0.25) is 18.1 Å². The Morgan fingerprint density at radius 1 is 1.40 bits per heavy atom. The van der Waals surface area contributed by atoms with E-state index in [2.05, 4.69) is 30.7 Å². The first-order valence-corrected chi connectivity index (χ1v) is 4.74. The van der Waals surface area contributed by atoms with E-state index < -0.39 is 30.0 Å². The van der Waals surface area contributed by atoms with Crippen LogP contribution < -0.4 is 0 Å². The Kier molecular flexibility index (Phi) is 6.27. The molecule has 0 saturated carbocycles. The van der Waals surface area contributed by atoms with Gasteiger partial charge in [-0.25, -0.2) is 9.59 Å². The van der Waals surface area contributed by atoms with Crippen molar-refractivity contribution in [3.8, 4) is 0 Å². The number of carbonyl (C=O) groups is 3. The molecular weight excluding hydrogens is 274 g/mol. The van der Waals surface area contributed by atoms with Gasteiger partial charge in [0.15, 0.2) is 0 Å². The second-order valence-corrected chi connectivity index (χ2v) is 2.71. The summed E-state index contributed by atoms with van der Waals surface area (Å²) in [4.78, 5) is 36.3. The second kappa shape index (κ2) is 6.93. The van der Waals surface area contributed by atoms with Crippen molar-refractivity contribution >= 4 is 39.4 Å². The van der Waals surface area contributed by atoms with Gasteiger partial charge in [0.1, 0.15) is 0 Å². The van der Waals surface area contributed by atoms with Crippen LogP contribution in [-0.4, -0.2) is 47.6 Å². The van der Waals surface area contributed by atoms with Crippen molar-refractivity contribution in [1.82, 2.24) is 0 Å². The SMILES string of the molecule is COC(=O)CO/N=C(\C(=O)O)C(=O)CBr. The molecule has 15 heavy (non-hydrogen) atoms. The van der Waals surface area contributed by atoms with Crippen molar-refractivity contribution in [2.75, 3.05) is 19.0 Å². The number of Topliss-reactive ketones (excluding diaryl/α,β-unsaturated/α-hetero) is 1. The highest BCUT2D eigenvalue weighted by Gasteiger charge is 2.19. The van der Waals surface area contributed by atoms with Gasteiger partial charge in [0.05, 0.1) is 12.4 Å². The van der Waals surface area contributed by atoms with Gasteiger partial charge in [-0.3, -0.25) is 4.79 Å². The standard InChI is InChI=1S/C7H8BrNO6/c1-14-5(11)3-15-9-6(7(12)13)4(10)2-8/h2-3H2,1H3,(H,12,13)/b9-6-. The van der Waals surface area contributed by atoms with Gasteiger partial charge in [0, 0.05) is 0 Å². The highest BCUT2D eigenvalue weighted by molar-refractivity contribution is 9.09. The molecule has 0 aliphatic heterocycles. The molecule has 0 atom stereocenters. The van der Waals surface area contributed by atoms with E-state index in [1.165, 1.54) is 0 Å². The number of ether oxygens (including phenoxy) is 1. The number of oxime groups is 1. The van der Waals surface area contributed by atoms with Crippen molar-refractivity contribution in [3.63, 3.8) is 0 Å². The Balaban J connectivity index is 4.38. The number of halogens is 1. The predicted octanol–water partition coefficient (Wildman–Crippen LogP) is -0.419. The average Bonchev–Trinajstić information content (AvgIpc) is 2.22. The molecule has 8 heteroatoms. The van der Waals surface area contributed by atoms with Crippen LogP contribution in [0.2, 0.25) is 0 Å². The molecule has 84 valence electrons. The minimum atomic E-state index is -1.52. The maximum atomic E-state index is 10.9. The lowest BCUT2D eigenvalue weighted by atomic mass is 10.3. The Hall–Kier alpha value is -1.44. The molecule has 0 aromatic heterocycles. The fraction of sp³-hybridized carbons (Fsp3) is 0.429. The molecule has 0 unspecified atom stereocenters. The van der Waals surface area contributed by atoms with Gasteiger partial charge in [-0.1, -0.05) is 21.1 Å². The molecule has 0 spiro atoms. The number of nitrogens with zero attached hydrogens (tertiary/aromatic N) is 1. The van der Waals surface area contributed by atoms with Crippen molar-refractivity contribution in [3.05, 3.63) is 0 Å². The fourth-order valence-electron chi connectivity index (χ4n) is 0.481. The van der Waals surface area contributed by atoms with Gasteiger partial charge in [0.25, 0.3) is 0 Å². The van der Waals surface area contributed by atoms with Gasteiger partial charge in [-0.15, -0.1) is 0 Å². The van der Waals surface area contributed by atoms with Gasteiger partial charge in [-0.2, -0.15) is 0 Å². The number of carboxylic acid groups (broad SMARTS) is 1. The Bertz CT molecular complexity index is 300. The molecule has 0 fully saturated rings. The van der Waals surface area contributed by atoms with Crippen molar-refractivity contribution in [1.29, 1.82) is 0 Å². The van der Waals surface area contributed by atoms with E-state index in [-0.39, 0.29) is 5.33 Å². The highest BCUT2D eigenvalue weighted by Crippen LogP contribution is 1.91. The number of carbonyl (C=O) groups excluding carboxylic acids is 2. The van der Waals surface area contributed by atoms with E-state index in [0.717, 1.165) is 7.11 Å². The summed E-state index contributed by atoms with van der Waals surface area (Å²) < 4.78 is 4.20. The number of methoxy groups -OCH3 is 1. The summed E-state index contributed by atoms with van der Waals surface area (Å²) in [5, 5.41) is 11.4. The number of rotatable bonds is 6. The van der Waals surface area contributed by atoms with Crippen LogP contribution in [0.3, 0.4) is 0 Å². The van der Waals surface area contributed by atoms with E-state index in [1.807, 2.05) is 0 Å². The Morgan fingerprint density at radius 3 is 2.40 bits per heavy atom. The molecule has 0 aromatic rings. The minimum absolute atomic E-state index is 0.195. The summed E-state index contributed by atoms with van der Waals surface area (Å²) in [6.45, 7) is -0.553. The summed E-state index contributed by atoms with van der Waals surface area (Å²) in [5.41, 5.74) is -0.782. The van der Waals surface area contributed by atoms with E-state index in [9.17, 15) is 14.4 Å². The lowest BCUT2D eigenvalue weighted by Gasteiger charge is -1.99. The van der Waals surface area contributed by atoms with Crippen LogP contribution in [0.25, 0.3) is 0 Å². The number of aliphatic carboxylic acids is 1. The first-order valence-electron chi connectivity index (χ1n) is 3.62. The quantitative estimate of drug-likeness (QED) is 0.233. The largest absolute Gasteiger partial charge is 0.476 e. The maximum Gasteiger partial charge on any atom is 0.361 e. The number of hydrogen-bond acceptors (Lipinski definition) is 6. The van der Waals surface area contributed by atoms with Crippen LogP contribution in [0, 0.1) is 0 Å². The summed E-state index contributed by atoms with van der Waals surface area (Å²) in [6.07, 6.45) is 0. The normalized spacial score (nSPS) is 10.7. The Morgan fingerprint density at radius 2 is 2.00 bits per heavy atom. The minimum Gasteiger partial charge on any atom is -0.476 e. The number of hydrogen-bond donors (Lipinski definition) is 1. The third kappa shape index (κ3) is 5.11. The van der Waals surface area contributed by atoms with Crippen LogP contribution in [-0.2, 0) is 24.0 Å². The van der Waals surface area contributed by atoms with Crippen LogP contribution in [0.4, 0.5) is 0 Å². The predicted molar refractivity (Wildman–Crippen MR) is 51.8 cm³/mol. The molecule has 7 nitrogen and oxygen atoms in total. The fourth-order valence-corrected chi connectivity index (χ4v) is 0.747. The molecule has 0 aliphatic carbocycles.